The van der Waals surface area contributed by atoms with E-state index in [9.17, 15) is 9.59 Å². The van der Waals surface area contributed by atoms with Crippen molar-refractivity contribution in [3.8, 4) is 0 Å². The summed E-state index contributed by atoms with van der Waals surface area (Å²) in [6.45, 7) is 4.57. The van der Waals surface area contributed by atoms with Crippen molar-refractivity contribution in [1.29, 1.82) is 0 Å². The van der Waals surface area contributed by atoms with E-state index < -0.39 is 11.9 Å². The summed E-state index contributed by atoms with van der Waals surface area (Å²) in [5.74, 6) is -1.01. The number of amides is 1. The number of benzene rings is 1. The van der Waals surface area contributed by atoms with E-state index in [4.69, 9.17) is 4.74 Å². The van der Waals surface area contributed by atoms with Crippen LogP contribution in [0.3, 0.4) is 0 Å². The summed E-state index contributed by atoms with van der Waals surface area (Å²) >= 11 is 1.02. The standard InChI is InChI=1S/C17H17N3O4S/c1-3-7-24-11-13-6-4-5-12(8-13)10-18-20-17-19-16(22)14(25-17)9-15(21)23-2/h3-6,8-10H,1,7,11H2,2H3,(H,19,20,22)/b14-9+,18-10?. The van der Waals surface area contributed by atoms with Crippen molar-refractivity contribution < 1.29 is 19.1 Å². The number of methoxy groups -OCH3 is 1. The number of carbonyl (C=O) groups excluding carboxylic acids is 2. The highest BCUT2D eigenvalue weighted by molar-refractivity contribution is 8.18. The van der Waals surface area contributed by atoms with Crippen LogP contribution in [0.15, 0.2) is 58.1 Å². The van der Waals surface area contributed by atoms with Crippen molar-refractivity contribution in [1.82, 2.24) is 5.32 Å². The van der Waals surface area contributed by atoms with Gasteiger partial charge in [-0.2, -0.15) is 5.10 Å². The molecule has 1 N–H and O–H groups in total. The Bertz CT molecular complexity index is 756. The molecule has 8 heteroatoms. The van der Waals surface area contributed by atoms with Crippen LogP contribution in [0.4, 0.5) is 0 Å². The van der Waals surface area contributed by atoms with Crippen LogP contribution in [0.2, 0.25) is 0 Å². The van der Waals surface area contributed by atoms with E-state index in [2.05, 4.69) is 26.8 Å². The monoisotopic (exact) mass is 359 g/mol. The first-order chi connectivity index (χ1) is 12.1. The molecular formula is C17H17N3O4S. The third-order valence-electron chi connectivity index (χ3n) is 2.91. The highest BCUT2D eigenvalue weighted by Crippen LogP contribution is 2.23. The Labute approximate surface area is 149 Å². The fourth-order valence-electron chi connectivity index (χ4n) is 1.81. The normalized spacial score (nSPS) is 17.2. The topological polar surface area (TPSA) is 89.4 Å². The van der Waals surface area contributed by atoms with E-state index in [0.29, 0.717) is 18.4 Å². The lowest BCUT2D eigenvalue weighted by Crippen LogP contribution is -2.19. The van der Waals surface area contributed by atoms with Gasteiger partial charge in [0.1, 0.15) is 0 Å². The van der Waals surface area contributed by atoms with Gasteiger partial charge in [0.25, 0.3) is 5.91 Å². The van der Waals surface area contributed by atoms with Crippen molar-refractivity contribution in [2.75, 3.05) is 13.7 Å². The molecule has 130 valence electrons. The molecule has 0 radical (unpaired) electrons. The molecular weight excluding hydrogens is 342 g/mol. The lowest BCUT2D eigenvalue weighted by molar-refractivity contribution is -0.135. The molecule has 0 atom stereocenters. The van der Waals surface area contributed by atoms with Crippen LogP contribution in [0.25, 0.3) is 0 Å². The fraction of sp³-hybridized carbons (Fsp3) is 0.176. The summed E-state index contributed by atoms with van der Waals surface area (Å²) in [5, 5.41) is 10.7. The number of hydrogen-bond donors (Lipinski definition) is 1. The van der Waals surface area contributed by atoms with Crippen LogP contribution in [0, 0.1) is 0 Å². The average Bonchev–Trinajstić information content (AvgIpc) is 2.95. The predicted molar refractivity (Wildman–Crippen MR) is 97.2 cm³/mol. The van der Waals surface area contributed by atoms with Gasteiger partial charge in [0.15, 0.2) is 5.17 Å². The highest BCUT2D eigenvalue weighted by Gasteiger charge is 2.24. The summed E-state index contributed by atoms with van der Waals surface area (Å²) in [6.07, 6.45) is 4.37. The third kappa shape index (κ3) is 6.02. The Kier molecular flexibility index (Phi) is 7.12. The maximum absolute atomic E-state index is 11.7. The quantitative estimate of drug-likeness (QED) is 0.201. The Balaban J connectivity index is 1.98. The zero-order chi connectivity index (χ0) is 18.1. The molecule has 1 heterocycles. The van der Waals surface area contributed by atoms with Gasteiger partial charge < -0.3 is 9.47 Å². The molecule has 1 saturated heterocycles. The third-order valence-corrected chi connectivity index (χ3v) is 3.81. The summed E-state index contributed by atoms with van der Waals surface area (Å²) < 4.78 is 9.88. The number of amidine groups is 1. The van der Waals surface area contributed by atoms with Crippen LogP contribution in [0.1, 0.15) is 11.1 Å². The second kappa shape index (κ2) is 9.55. The molecule has 1 amide bonds. The maximum atomic E-state index is 11.7. The highest BCUT2D eigenvalue weighted by atomic mass is 32.2. The first-order valence-corrected chi connectivity index (χ1v) is 8.11. The Hall–Kier alpha value is -2.71. The second-order valence-electron chi connectivity index (χ2n) is 4.79. The van der Waals surface area contributed by atoms with Gasteiger partial charge in [-0.05, 0) is 29.0 Å². The molecule has 0 spiro atoms. The number of hydrogen-bond acceptors (Lipinski definition) is 7. The van der Waals surface area contributed by atoms with E-state index in [0.717, 1.165) is 29.0 Å². The molecule has 0 aliphatic carbocycles. The number of nitrogens with one attached hydrogen (secondary N) is 1. The second-order valence-corrected chi connectivity index (χ2v) is 5.82. The van der Waals surface area contributed by atoms with E-state index >= 15 is 0 Å². The summed E-state index contributed by atoms with van der Waals surface area (Å²) in [7, 11) is 1.24. The lowest BCUT2D eigenvalue weighted by Gasteiger charge is -2.02. The number of carbonyl (C=O) groups is 2. The van der Waals surface area contributed by atoms with Gasteiger partial charge in [-0.25, -0.2) is 4.79 Å². The average molecular weight is 359 g/mol. The predicted octanol–water partition coefficient (Wildman–Crippen LogP) is 2.00. The Morgan fingerprint density at radius 3 is 3.04 bits per heavy atom. The number of thioether (sulfide) groups is 1. The SMILES string of the molecule is C=CCOCc1cccc(C=N/N=C2/NC(=O)/C(=C\C(=O)OC)S2)c1. The molecule has 1 fully saturated rings. The first kappa shape index (κ1) is 18.6. The molecule has 1 aliphatic rings. The minimum atomic E-state index is -0.599. The van der Waals surface area contributed by atoms with Crippen molar-refractivity contribution in [3.63, 3.8) is 0 Å². The number of esters is 1. The summed E-state index contributed by atoms with van der Waals surface area (Å²) in [4.78, 5) is 23.1. The van der Waals surface area contributed by atoms with Crippen LogP contribution in [0.5, 0.6) is 0 Å². The van der Waals surface area contributed by atoms with Crippen LogP contribution >= 0.6 is 11.8 Å². The minimum Gasteiger partial charge on any atom is -0.466 e. The van der Waals surface area contributed by atoms with Gasteiger partial charge in [-0.3, -0.25) is 10.1 Å². The molecule has 25 heavy (non-hydrogen) atoms. The molecule has 1 aromatic carbocycles. The van der Waals surface area contributed by atoms with Gasteiger partial charge in [-0.15, -0.1) is 11.7 Å². The molecule has 0 bridgehead atoms. The molecule has 7 nitrogen and oxygen atoms in total. The van der Waals surface area contributed by atoms with Crippen molar-refractivity contribution in [2.45, 2.75) is 6.61 Å². The van der Waals surface area contributed by atoms with Crippen LogP contribution in [-0.4, -0.2) is 37.0 Å². The van der Waals surface area contributed by atoms with Crippen molar-refractivity contribution in [2.24, 2.45) is 10.2 Å². The molecule has 1 aliphatic heterocycles. The van der Waals surface area contributed by atoms with Crippen molar-refractivity contribution >= 4 is 35.0 Å². The molecule has 2 rings (SSSR count). The van der Waals surface area contributed by atoms with Gasteiger partial charge in [0.2, 0.25) is 0 Å². The Morgan fingerprint density at radius 2 is 2.28 bits per heavy atom. The largest absolute Gasteiger partial charge is 0.466 e. The zero-order valence-electron chi connectivity index (χ0n) is 13.6. The van der Waals surface area contributed by atoms with E-state index in [1.54, 1.807) is 12.3 Å². The summed E-state index contributed by atoms with van der Waals surface area (Å²) in [5.41, 5.74) is 1.86. The molecule has 0 unspecified atom stereocenters. The molecule has 0 saturated carbocycles. The van der Waals surface area contributed by atoms with Gasteiger partial charge >= 0.3 is 5.97 Å². The van der Waals surface area contributed by atoms with Gasteiger partial charge in [0.05, 0.1) is 31.4 Å². The van der Waals surface area contributed by atoms with E-state index in [-0.39, 0.29) is 4.91 Å². The Morgan fingerprint density at radius 1 is 1.44 bits per heavy atom. The number of ether oxygens (including phenoxy) is 2. The van der Waals surface area contributed by atoms with Crippen LogP contribution in [-0.2, 0) is 25.7 Å². The zero-order valence-corrected chi connectivity index (χ0v) is 14.4. The molecule has 0 aromatic heterocycles. The van der Waals surface area contributed by atoms with Gasteiger partial charge in [-0.1, -0.05) is 24.3 Å². The lowest BCUT2D eigenvalue weighted by atomic mass is 10.1. The first-order valence-electron chi connectivity index (χ1n) is 7.30. The number of nitrogens with zero attached hydrogens (tertiary/aromatic N) is 2. The van der Waals surface area contributed by atoms with E-state index in [1.165, 1.54) is 7.11 Å². The fourth-order valence-corrected chi connectivity index (χ4v) is 2.55. The van der Waals surface area contributed by atoms with Gasteiger partial charge in [0, 0.05) is 6.08 Å². The minimum absolute atomic E-state index is 0.210. The van der Waals surface area contributed by atoms with Crippen LogP contribution < -0.4 is 5.32 Å². The van der Waals surface area contributed by atoms with Crippen molar-refractivity contribution in [3.05, 3.63) is 59.0 Å². The van der Waals surface area contributed by atoms with E-state index in [1.807, 2.05) is 24.3 Å². The molecule has 1 aromatic rings. The maximum Gasteiger partial charge on any atom is 0.331 e. The smallest absolute Gasteiger partial charge is 0.331 e. The number of rotatable bonds is 7. The summed E-state index contributed by atoms with van der Waals surface area (Å²) in [6, 6.07) is 7.65.